The van der Waals surface area contributed by atoms with Gasteiger partial charge in [0.15, 0.2) is 0 Å². The lowest BCUT2D eigenvalue weighted by atomic mass is 9.63. The zero-order chi connectivity index (χ0) is 15.1. The van der Waals surface area contributed by atoms with E-state index in [0.717, 1.165) is 37.7 Å². The SMILES string of the molecule is CC1(C)CCC(NC(=O)C2(c3cccc(Cl)c3)CCC2)C1. The van der Waals surface area contributed by atoms with Crippen molar-refractivity contribution < 1.29 is 4.79 Å². The average molecular weight is 306 g/mol. The van der Waals surface area contributed by atoms with Gasteiger partial charge in [0.2, 0.25) is 5.91 Å². The predicted octanol–water partition coefficient (Wildman–Crippen LogP) is 4.46. The van der Waals surface area contributed by atoms with Crippen LogP contribution in [0.4, 0.5) is 0 Å². The molecule has 0 bridgehead atoms. The molecule has 2 aliphatic carbocycles. The highest BCUT2D eigenvalue weighted by molar-refractivity contribution is 6.30. The summed E-state index contributed by atoms with van der Waals surface area (Å²) in [6.45, 7) is 4.57. The van der Waals surface area contributed by atoms with Crippen molar-refractivity contribution in [3.8, 4) is 0 Å². The molecular formula is C18H24ClNO. The van der Waals surface area contributed by atoms with Crippen LogP contribution < -0.4 is 5.32 Å². The zero-order valence-corrected chi connectivity index (χ0v) is 13.7. The van der Waals surface area contributed by atoms with E-state index in [-0.39, 0.29) is 11.3 Å². The molecule has 2 saturated carbocycles. The van der Waals surface area contributed by atoms with Crippen molar-refractivity contribution in [2.45, 2.75) is 63.8 Å². The van der Waals surface area contributed by atoms with Crippen molar-refractivity contribution in [2.24, 2.45) is 5.41 Å². The van der Waals surface area contributed by atoms with Crippen LogP contribution in [0.2, 0.25) is 5.02 Å². The standard InChI is InChI=1S/C18H24ClNO/c1-17(2)10-7-15(12-17)20-16(21)18(8-4-9-18)13-5-3-6-14(19)11-13/h3,5-6,11,15H,4,7-10,12H2,1-2H3,(H,20,21). The van der Waals surface area contributed by atoms with Gasteiger partial charge in [0, 0.05) is 11.1 Å². The normalized spacial score (nSPS) is 26.1. The van der Waals surface area contributed by atoms with E-state index >= 15 is 0 Å². The van der Waals surface area contributed by atoms with Gasteiger partial charge in [-0.2, -0.15) is 0 Å². The van der Waals surface area contributed by atoms with Gasteiger partial charge in [0.05, 0.1) is 5.41 Å². The molecule has 0 aliphatic heterocycles. The summed E-state index contributed by atoms with van der Waals surface area (Å²) in [5.74, 6) is 0.207. The Balaban J connectivity index is 1.76. The average Bonchev–Trinajstić information content (AvgIpc) is 2.67. The van der Waals surface area contributed by atoms with Crippen LogP contribution in [0.5, 0.6) is 0 Å². The van der Waals surface area contributed by atoms with Gasteiger partial charge in [0.1, 0.15) is 0 Å². The van der Waals surface area contributed by atoms with E-state index in [9.17, 15) is 4.79 Å². The van der Waals surface area contributed by atoms with E-state index in [1.165, 1.54) is 6.42 Å². The fourth-order valence-electron chi connectivity index (χ4n) is 3.85. The molecule has 1 amide bonds. The number of carbonyl (C=O) groups is 1. The van der Waals surface area contributed by atoms with Gasteiger partial charge >= 0.3 is 0 Å². The van der Waals surface area contributed by atoms with Gasteiger partial charge < -0.3 is 5.32 Å². The van der Waals surface area contributed by atoms with Crippen molar-refractivity contribution in [1.82, 2.24) is 5.32 Å². The Bertz CT molecular complexity index is 548. The third-order valence-electron chi connectivity index (χ3n) is 5.32. The molecule has 0 heterocycles. The van der Waals surface area contributed by atoms with Crippen molar-refractivity contribution in [1.29, 1.82) is 0 Å². The summed E-state index contributed by atoms with van der Waals surface area (Å²) in [5.41, 5.74) is 1.11. The third kappa shape index (κ3) is 2.83. The Morgan fingerprint density at radius 3 is 2.57 bits per heavy atom. The fraction of sp³-hybridized carbons (Fsp3) is 0.611. The van der Waals surface area contributed by atoms with Gasteiger partial charge in [-0.15, -0.1) is 0 Å². The molecule has 21 heavy (non-hydrogen) atoms. The van der Waals surface area contributed by atoms with Crippen LogP contribution in [0, 0.1) is 5.41 Å². The molecule has 1 N–H and O–H groups in total. The van der Waals surface area contributed by atoms with Crippen LogP contribution in [0.25, 0.3) is 0 Å². The van der Waals surface area contributed by atoms with E-state index in [2.05, 4.69) is 19.2 Å². The van der Waals surface area contributed by atoms with Gasteiger partial charge in [-0.05, 0) is 55.2 Å². The maximum absolute atomic E-state index is 12.9. The molecule has 3 rings (SSSR count). The Kier molecular flexibility index (Phi) is 3.77. The van der Waals surface area contributed by atoms with Gasteiger partial charge in [-0.3, -0.25) is 4.79 Å². The van der Waals surface area contributed by atoms with Crippen molar-refractivity contribution in [3.63, 3.8) is 0 Å². The summed E-state index contributed by atoms with van der Waals surface area (Å²) in [4.78, 5) is 12.9. The monoisotopic (exact) mass is 305 g/mol. The third-order valence-corrected chi connectivity index (χ3v) is 5.56. The summed E-state index contributed by atoms with van der Waals surface area (Å²) < 4.78 is 0. The molecule has 3 heteroatoms. The van der Waals surface area contributed by atoms with Crippen LogP contribution in [0.1, 0.15) is 57.9 Å². The molecule has 0 saturated heterocycles. The fourth-order valence-corrected chi connectivity index (χ4v) is 4.04. The molecule has 0 aromatic heterocycles. The highest BCUT2D eigenvalue weighted by Gasteiger charge is 2.46. The van der Waals surface area contributed by atoms with Crippen LogP contribution in [-0.4, -0.2) is 11.9 Å². The smallest absolute Gasteiger partial charge is 0.230 e. The summed E-state index contributed by atoms with van der Waals surface area (Å²) in [5, 5.41) is 4.03. The summed E-state index contributed by atoms with van der Waals surface area (Å²) in [6.07, 6.45) is 6.39. The molecule has 1 atom stereocenters. The first-order valence-corrected chi connectivity index (χ1v) is 8.36. The van der Waals surface area contributed by atoms with Crippen LogP contribution in [-0.2, 0) is 10.2 Å². The van der Waals surface area contributed by atoms with Gasteiger partial charge in [-0.25, -0.2) is 0 Å². The second-order valence-corrected chi connectivity index (χ2v) is 7.96. The number of rotatable bonds is 3. The number of hydrogen-bond donors (Lipinski definition) is 1. The zero-order valence-electron chi connectivity index (χ0n) is 12.9. The lowest BCUT2D eigenvalue weighted by molar-refractivity contribution is -0.130. The minimum Gasteiger partial charge on any atom is -0.353 e. The molecule has 2 aliphatic rings. The summed E-state index contributed by atoms with van der Waals surface area (Å²) in [7, 11) is 0. The number of amides is 1. The maximum Gasteiger partial charge on any atom is 0.230 e. The first kappa shape index (κ1) is 14.9. The molecule has 2 nitrogen and oxygen atoms in total. The summed E-state index contributed by atoms with van der Waals surface area (Å²) in [6, 6.07) is 8.16. The highest BCUT2D eigenvalue weighted by Crippen LogP contribution is 2.45. The van der Waals surface area contributed by atoms with Gasteiger partial charge in [-0.1, -0.05) is 44.0 Å². The topological polar surface area (TPSA) is 29.1 Å². The minimum atomic E-state index is -0.336. The largest absolute Gasteiger partial charge is 0.353 e. The molecule has 1 aromatic carbocycles. The Morgan fingerprint density at radius 2 is 2.05 bits per heavy atom. The quantitative estimate of drug-likeness (QED) is 0.878. The van der Waals surface area contributed by atoms with E-state index in [1.807, 2.05) is 24.3 Å². The molecule has 1 aromatic rings. The van der Waals surface area contributed by atoms with Crippen molar-refractivity contribution >= 4 is 17.5 Å². The Morgan fingerprint density at radius 1 is 1.29 bits per heavy atom. The molecule has 0 spiro atoms. The number of hydrogen-bond acceptors (Lipinski definition) is 1. The van der Waals surface area contributed by atoms with E-state index in [4.69, 9.17) is 11.6 Å². The van der Waals surface area contributed by atoms with E-state index in [1.54, 1.807) is 0 Å². The highest BCUT2D eigenvalue weighted by atomic mass is 35.5. The molecule has 1 unspecified atom stereocenters. The van der Waals surface area contributed by atoms with E-state index in [0.29, 0.717) is 16.5 Å². The Labute approximate surface area is 132 Å². The second kappa shape index (κ2) is 5.31. The number of halogens is 1. The van der Waals surface area contributed by atoms with Crippen LogP contribution in [0.3, 0.4) is 0 Å². The Hall–Kier alpha value is -1.02. The first-order valence-electron chi connectivity index (χ1n) is 7.98. The second-order valence-electron chi connectivity index (χ2n) is 7.52. The van der Waals surface area contributed by atoms with Crippen molar-refractivity contribution in [2.75, 3.05) is 0 Å². The number of nitrogens with one attached hydrogen (secondary N) is 1. The van der Waals surface area contributed by atoms with Crippen LogP contribution >= 0.6 is 11.6 Å². The first-order chi connectivity index (χ1) is 9.91. The lowest BCUT2D eigenvalue weighted by Gasteiger charge is -2.41. The predicted molar refractivity (Wildman–Crippen MR) is 86.5 cm³/mol. The number of benzene rings is 1. The molecular weight excluding hydrogens is 282 g/mol. The van der Waals surface area contributed by atoms with Crippen molar-refractivity contribution in [3.05, 3.63) is 34.9 Å². The number of carbonyl (C=O) groups excluding carboxylic acids is 1. The van der Waals surface area contributed by atoms with E-state index < -0.39 is 0 Å². The molecule has 0 radical (unpaired) electrons. The molecule has 2 fully saturated rings. The molecule has 114 valence electrons. The lowest BCUT2D eigenvalue weighted by Crippen LogP contribution is -2.51. The minimum absolute atomic E-state index is 0.207. The van der Waals surface area contributed by atoms with Crippen LogP contribution in [0.15, 0.2) is 24.3 Å². The van der Waals surface area contributed by atoms with Gasteiger partial charge in [0.25, 0.3) is 0 Å². The maximum atomic E-state index is 12.9. The summed E-state index contributed by atoms with van der Waals surface area (Å²) >= 11 is 6.11.